The molecule has 110 valence electrons. The Balaban J connectivity index is 1.88. The predicted molar refractivity (Wildman–Crippen MR) is 79.8 cm³/mol. The number of tetrazole rings is 1. The zero-order valence-corrected chi connectivity index (χ0v) is 12.8. The fraction of sp³-hybridized carbons (Fsp3) is 0.429. The first kappa shape index (κ1) is 14.1. The Morgan fingerprint density at radius 2 is 2.05 bits per heavy atom. The Morgan fingerprint density at radius 3 is 2.67 bits per heavy atom. The zero-order valence-electron chi connectivity index (χ0n) is 12.0. The first-order chi connectivity index (χ1) is 10.2. The van der Waals surface area contributed by atoms with E-state index in [9.17, 15) is 4.79 Å². The highest BCUT2D eigenvalue weighted by Gasteiger charge is 2.31. The van der Waals surface area contributed by atoms with E-state index in [0.717, 1.165) is 18.4 Å². The van der Waals surface area contributed by atoms with Crippen molar-refractivity contribution in [2.24, 2.45) is 0 Å². The number of rotatable bonds is 5. The minimum absolute atomic E-state index is 0.0385. The summed E-state index contributed by atoms with van der Waals surface area (Å²) in [4.78, 5) is 14.1. The predicted octanol–water partition coefficient (Wildman–Crippen LogP) is 1.93. The van der Waals surface area contributed by atoms with Gasteiger partial charge in [0, 0.05) is 14.1 Å². The van der Waals surface area contributed by atoms with E-state index in [1.165, 1.54) is 11.8 Å². The summed E-state index contributed by atoms with van der Waals surface area (Å²) in [6.45, 7) is 0. The van der Waals surface area contributed by atoms with Crippen LogP contribution in [0.4, 0.5) is 0 Å². The van der Waals surface area contributed by atoms with Crippen molar-refractivity contribution in [2.45, 2.75) is 29.3 Å². The molecule has 1 aromatic carbocycles. The van der Waals surface area contributed by atoms with Crippen LogP contribution in [-0.4, -0.2) is 45.1 Å². The number of amides is 1. The lowest BCUT2D eigenvalue weighted by molar-refractivity contribution is -0.128. The van der Waals surface area contributed by atoms with E-state index in [1.807, 2.05) is 35.0 Å². The molecule has 3 rings (SSSR count). The Bertz CT molecular complexity index is 623. The van der Waals surface area contributed by atoms with Crippen LogP contribution in [0.3, 0.4) is 0 Å². The molecule has 0 spiro atoms. The van der Waals surface area contributed by atoms with Crippen LogP contribution in [0.2, 0.25) is 0 Å². The third-order valence-electron chi connectivity index (χ3n) is 3.35. The van der Waals surface area contributed by atoms with E-state index in [1.54, 1.807) is 19.0 Å². The number of carbonyl (C=O) groups excluding carboxylic acids is 1. The topological polar surface area (TPSA) is 63.9 Å². The number of nitrogens with zero attached hydrogens (tertiary/aromatic N) is 5. The number of aromatic nitrogens is 4. The summed E-state index contributed by atoms with van der Waals surface area (Å²) >= 11 is 1.42. The van der Waals surface area contributed by atoms with Crippen molar-refractivity contribution in [3.05, 3.63) is 35.9 Å². The monoisotopic (exact) mass is 303 g/mol. The Labute approximate surface area is 127 Å². The highest BCUT2D eigenvalue weighted by Crippen LogP contribution is 2.40. The van der Waals surface area contributed by atoms with Crippen LogP contribution in [0, 0.1) is 0 Å². The highest BCUT2D eigenvalue weighted by molar-refractivity contribution is 8.00. The van der Waals surface area contributed by atoms with E-state index in [-0.39, 0.29) is 11.2 Å². The van der Waals surface area contributed by atoms with Crippen LogP contribution in [0.15, 0.2) is 35.5 Å². The molecule has 1 unspecified atom stereocenters. The van der Waals surface area contributed by atoms with Gasteiger partial charge in [-0.05, 0) is 28.8 Å². The van der Waals surface area contributed by atoms with Crippen molar-refractivity contribution < 1.29 is 4.79 Å². The van der Waals surface area contributed by atoms with Crippen LogP contribution >= 0.6 is 11.8 Å². The van der Waals surface area contributed by atoms with E-state index in [2.05, 4.69) is 15.5 Å². The van der Waals surface area contributed by atoms with Gasteiger partial charge >= 0.3 is 0 Å². The standard InChI is InChI=1S/C14H17N5OS/c1-18(2)13(20)12(10-6-4-3-5-7-10)21-14-15-16-17-19(14)11-8-9-11/h3-7,11-12H,8-9H2,1-2H3. The van der Waals surface area contributed by atoms with Crippen LogP contribution in [0.1, 0.15) is 29.7 Å². The molecule has 0 aliphatic heterocycles. The first-order valence-electron chi connectivity index (χ1n) is 6.87. The second-order valence-corrected chi connectivity index (χ2v) is 6.35. The van der Waals surface area contributed by atoms with Gasteiger partial charge in [-0.15, -0.1) is 5.10 Å². The minimum atomic E-state index is -0.329. The molecule has 1 aliphatic rings. The van der Waals surface area contributed by atoms with Crippen molar-refractivity contribution in [2.75, 3.05) is 14.1 Å². The fourth-order valence-corrected chi connectivity index (χ4v) is 3.23. The molecule has 6 nitrogen and oxygen atoms in total. The first-order valence-corrected chi connectivity index (χ1v) is 7.75. The molecule has 1 amide bonds. The molecular formula is C14H17N5OS. The van der Waals surface area contributed by atoms with E-state index in [4.69, 9.17) is 0 Å². The van der Waals surface area contributed by atoms with E-state index < -0.39 is 0 Å². The smallest absolute Gasteiger partial charge is 0.240 e. The Hall–Kier alpha value is -1.89. The molecule has 0 saturated heterocycles. The molecule has 1 aliphatic carbocycles. The Kier molecular flexibility index (Phi) is 3.92. The number of hydrogen-bond acceptors (Lipinski definition) is 5. The second kappa shape index (κ2) is 5.85. The largest absolute Gasteiger partial charge is 0.348 e. The van der Waals surface area contributed by atoms with Gasteiger partial charge in [0.05, 0.1) is 6.04 Å². The maximum Gasteiger partial charge on any atom is 0.240 e. The molecule has 1 fully saturated rings. The van der Waals surface area contributed by atoms with Crippen molar-refractivity contribution in [3.63, 3.8) is 0 Å². The number of benzene rings is 1. The molecule has 1 saturated carbocycles. The van der Waals surface area contributed by atoms with E-state index in [0.29, 0.717) is 11.2 Å². The third kappa shape index (κ3) is 3.07. The van der Waals surface area contributed by atoms with E-state index >= 15 is 0 Å². The van der Waals surface area contributed by atoms with Gasteiger partial charge in [-0.1, -0.05) is 42.1 Å². The summed E-state index contributed by atoms with van der Waals surface area (Å²) in [7, 11) is 3.53. The van der Waals surface area contributed by atoms with Gasteiger partial charge in [-0.2, -0.15) is 0 Å². The SMILES string of the molecule is CN(C)C(=O)C(Sc1nnnn1C1CC1)c1ccccc1. The normalized spacial score (nSPS) is 15.7. The molecule has 0 radical (unpaired) electrons. The minimum Gasteiger partial charge on any atom is -0.348 e. The van der Waals surface area contributed by atoms with Crippen molar-refractivity contribution in [3.8, 4) is 0 Å². The Morgan fingerprint density at radius 1 is 1.33 bits per heavy atom. The molecule has 7 heteroatoms. The van der Waals surface area contributed by atoms with Gasteiger partial charge in [-0.3, -0.25) is 4.79 Å². The summed E-state index contributed by atoms with van der Waals surface area (Å²) in [6.07, 6.45) is 2.21. The van der Waals surface area contributed by atoms with Crippen LogP contribution in [0.5, 0.6) is 0 Å². The second-order valence-electron chi connectivity index (χ2n) is 5.28. The zero-order chi connectivity index (χ0) is 14.8. The molecule has 1 atom stereocenters. The summed E-state index contributed by atoms with van der Waals surface area (Å²) in [5.74, 6) is 0.0385. The molecule has 21 heavy (non-hydrogen) atoms. The molecule has 1 heterocycles. The lowest BCUT2D eigenvalue weighted by Gasteiger charge is -2.20. The average molecular weight is 303 g/mol. The number of carbonyl (C=O) groups is 1. The van der Waals surface area contributed by atoms with Crippen LogP contribution < -0.4 is 0 Å². The van der Waals surface area contributed by atoms with Gasteiger partial charge in [0.2, 0.25) is 11.1 Å². The van der Waals surface area contributed by atoms with Gasteiger partial charge < -0.3 is 4.90 Å². The quantitative estimate of drug-likeness (QED) is 0.790. The number of likely N-dealkylation sites (N-methyl/N-ethyl adjacent to an activating group) is 1. The molecule has 0 bridgehead atoms. The maximum absolute atomic E-state index is 12.5. The molecule has 0 N–H and O–H groups in total. The molecular weight excluding hydrogens is 286 g/mol. The lowest BCUT2D eigenvalue weighted by Crippen LogP contribution is -2.27. The number of thioether (sulfide) groups is 1. The summed E-state index contributed by atoms with van der Waals surface area (Å²) in [6, 6.07) is 10.1. The summed E-state index contributed by atoms with van der Waals surface area (Å²) in [5, 5.41) is 12.2. The lowest BCUT2D eigenvalue weighted by atomic mass is 10.1. The van der Waals surface area contributed by atoms with Gasteiger partial charge in [0.15, 0.2) is 0 Å². The third-order valence-corrected chi connectivity index (χ3v) is 4.54. The fourth-order valence-electron chi connectivity index (χ4n) is 2.04. The van der Waals surface area contributed by atoms with Crippen molar-refractivity contribution >= 4 is 17.7 Å². The van der Waals surface area contributed by atoms with Crippen molar-refractivity contribution in [1.29, 1.82) is 0 Å². The van der Waals surface area contributed by atoms with Crippen LogP contribution in [0.25, 0.3) is 0 Å². The van der Waals surface area contributed by atoms with Crippen LogP contribution in [-0.2, 0) is 4.79 Å². The maximum atomic E-state index is 12.5. The number of hydrogen-bond donors (Lipinski definition) is 0. The highest BCUT2D eigenvalue weighted by atomic mass is 32.2. The van der Waals surface area contributed by atoms with Gasteiger partial charge in [0.1, 0.15) is 5.25 Å². The summed E-state index contributed by atoms with van der Waals surface area (Å²) in [5.41, 5.74) is 0.964. The molecule has 1 aromatic heterocycles. The van der Waals surface area contributed by atoms with Gasteiger partial charge in [0.25, 0.3) is 0 Å². The summed E-state index contributed by atoms with van der Waals surface area (Å²) < 4.78 is 1.84. The van der Waals surface area contributed by atoms with Gasteiger partial charge in [-0.25, -0.2) is 4.68 Å². The average Bonchev–Trinajstić information content (AvgIpc) is 3.24. The van der Waals surface area contributed by atoms with Crippen molar-refractivity contribution in [1.82, 2.24) is 25.1 Å². The molecule has 2 aromatic rings.